The molecule has 7 aromatic heterocycles. The molecule has 0 unspecified atom stereocenters. The lowest BCUT2D eigenvalue weighted by atomic mass is 10.2. The van der Waals surface area contributed by atoms with Gasteiger partial charge in [-0.3, -0.25) is 4.98 Å². The molecule has 0 radical (unpaired) electrons. The lowest BCUT2D eigenvalue weighted by Crippen LogP contribution is -1.73. The number of thiazole rings is 3. The zero-order chi connectivity index (χ0) is 64.9. The minimum absolute atomic E-state index is 0.919. The summed E-state index contributed by atoms with van der Waals surface area (Å²) < 4.78 is 19.6. The normalized spacial score (nSPS) is 9.35. The van der Waals surface area contributed by atoms with Crippen LogP contribution in [0.15, 0.2) is 105 Å². The van der Waals surface area contributed by atoms with E-state index in [1.54, 1.807) is 46.5 Å². The number of aryl methyl sites for hydroxylation is 17. The fraction of sp³-hybridized carbons (Fsp3) is 0.485. The lowest BCUT2D eigenvalue weighted by Gasteiger charge is -1.92. The Hall–Kier alpha value is -6.09. The van der Waals surface area contributed by atoms with Gasteiger partial charge in [0.05, 0.1) is 55.4 Å². The molecule has 9 rings (SSSR count). The molecule has 1 aliphatic rings. The van der Waals surface area contributed by atoms with Crippen LogP contribution in [0.4, 0.5) is 0 Å². The van der Waals surface area contributed by atoms with Crippen LogP contribution in [0.5, 0.6) is 0 Å². The lowest BCUT2D eigenvalue weighted by molar-refractivity contribution is 0.354. The second-order valence-corrected chi connectivity index (χ2v) is 20.4. The third kappa shape index (κ3) is 44.6. The Morgan fingerprint density at radius 2 is 0.659 bits per heavy atom. The number of ether oxygens (including phenoxy) is 1. The Morgan fingerprint density at radius 1 is 0.341 bits per heavy atom. The van der Waals surface area contributed by atoms with Gasteiger partial charge in [-0.15, -0.1) is 34.0 Å². The van der Waals surface area contributed by atoms with Crippen molar-refractivity contribution in [3.63, 3.8) is 0 Å². The third-order valence-electron chi connectivity index (χ3n) is 10.2. The van der Waals surface area contributed by atoms with E-state index in [1.165, 1.54) is 52.3 Å². The Morgan fingerprint density at radius 3 is 0.817 bits per heavy atom. The van der Waals surface area contributed by atoms with Gasteiger partial charge in [0.1, 0.15) is 23.0 Å². The highest BCUT2D eigenvalue weighted by Gasteiger charge is 2.02. The number of pyridine rings is 1. The number of rotatable bonds is 0. The Bertz CT molecular complexity index is 2410. The van der Waals surface area contributed by atoms with Crippen LogP contribution in [-0.2, 0) is 4.74 Å². The van der Waals surface area contributed by atoms with Gasteiger partial charge in [-0.1, -0.05) is 153 Å². The summed E-state index contributed by atoms with van der Waals surface area (Å²) in [7, 11) is 0. The number of hydrogen-bond donors (Lipinski definition) is 0. The van der Waals surface area contributed by atoms with Gasteiger partial charge in [0.15, 0.2) is 0 Å². The summed E-state index contributed by atoms with van der Waals surface area (Å²) in [5.74, 6) is 3.68. The third-order valence-corrected chi connectivity index (χ3v) is 13.2. The standard InChI is InChI=1S/C7H8O.C7H8.3C6H9NO.3C6H9NS.C6H7N.6C2H6/c1-7-5-3-2-4-6-8-7;1-7-5-3-2-4-6-7;3*1-4-5(2)7-8-6(4)3;3*1-4-5(2)8-6(3)7-4;1-6-4-2-3-5-7-6;6*1-2/h2-6H,1H3;2-6H,1H3;6*1-3H3;2-5H,1H3;6*1-2H3. The highest BCUT2D eigenvalue weighted by molar-refractivity contribution is 7.12. The van der Waals surface area contributed by atoms with Crippen LogP contribution in [0, 0.1) is 138 Å². The van der Waals surface area contributed by atoms with Crippen LogP contribution in [0.1, 0.15) is 199 Å². The molecule has 82 heavy (non-hydrogen) atoms. The summed E-state index contributed by atoms with van der Waals surface area (Å²) in [5.41, 5.74) is 12.4. The van der Waals surface area contributed by atoms with Crippen molar-refractivity contribution in [3.05, 3.63) is 200 Å². The number of allylic oxidation sites excluding steroid dienone is 5. The molecule has 0 N–H and O–H groups in total. The Kier molecular flexibility index (Phi) is 60.3. The minimum Gasteiger partial charge on any atom is -0.470 e. The van der Waals surface area contributed by atoms with Crippen molar-refractivity contribution in [1.82, 2.24) is 35.4 Å². The van der Waals surface area contributed by atoms with Crippen molar-refractivity contribution in [2.45, 2.75) is 228 Å². The minimum atomic E-state index is 0.919. The predicted octanol–water partition coefficient (Wildman–Crippen LogP) is 22.5. The first kappa shape index (κ1) is 87.2. The first-order chi connectivity index (χ1) is 38.9. The zero-order valence-corrected chi connectivity index (χ0v) is 60.0. The summed E-state index contributed by atoms with van der Waals surface area (Å²) in [6, 6.07) is 16.1. The molecule has 1 aliphatic heterocycles. The molecule has 0 saturated heterocycles. The van der Waals surface area contributed by atoms with Crippen molar-refractivity contribution in [3.8, 4) is 0 Å². The second-order valence-electron chi connectivity index (χ2n) is 16.2. The molecule has 1 aromatic carbocycles. The van der Waals surface area contributed by atoms with Crippen LogP contribution in [0.25, 0.3) is 0 Å². The van der Waals surface area contributed by atoms with E-state index < -0.39 is 0 Å². The van der Waals surface area contributed by atoms with Crippen molar-refractivity contribution in [2.24, 2.45) is 0 Å². The summed E-state index contributed by atoms with van der Waals surface area (Å²) in [5, 5.41) is 14.7. The van der Waals surface area contributed by atoms with Crippen LogP contribution >= 0.6 is 34.0 Å². The fourth-order valence-electron chi connectivity index (χ4n) is 4.95. The maximum atomic E-state index is 5.02. The van der Waals surface area contributed by atoms with Gasteiger partial charge in [0.25, 0.3) is 0 Å². The van der Waals surface area contributed by atoms with Crippen molar-refractivity contribution >= 4 is 34.0 Å². The number of hydrogen-bond acceptors (Lipinski definition) is 14. The molecular weight excluding hydrogens is 1070 g/mol. The smallest absolute Gasteiger partial charge is 0.136 e. The van der Waals surface area contributed by atoms with E-state index in [0.717, 1.165) is 62.5 Å². The van der Waals surface area contributed by atoms with Crippen molar-refractivity contribution < 1.29 is 18.3 Å². The summed E-state index contributed by atoms with van der Waals surface area (Å²) >= 11 is 5.27. The van der Waals surface area contributed by atoms with Crippen LogP contribution in [0.2, 0.25) is 0 Å². The zero-order valence-electron chi connectivity index (χ0n) is 57.6. The van der Waals surface area contributed by atoms with E-state index >= 15 is 0 Å². The molecule has 8 heterocycles. The molecule has 0 fully saturated rings. The van der Waals surface area contributed by atoms with Gasteiger partial charge in [-0.05, 0) is 170 Å². The van der Waals surface area contributed by atoms with Gasteiger partial charge in [-0.2, -0.15) is 0 Å². The maximum absolute atomic E-state index is 5.02. The summed E-state index contributed by atoms with van der Waals surface area (Å²) in [6.45, 7) is 66.0. The predicted molar refractivity (Wildman–Crippen MR) is 362 cm³/mol. The molecule has 0 atom stereocenters. The van der Waals surface area contributed by atoms with Crippen LogP contribution in [0.3, 0.4) is 0 Å². The molecule has 11 nitrogen and oxygen atoms in total. The summed E-state index contributed by atoms with van der Waals surface area (Å²) in [4.78, 5) is 20.7. The number of benzene rings is 1. The molecule has 8 aromatic rings. The largest absolute Gasteiger partial charge is 0.470 e. The second kappa shape index (κ2) is 56.8. The first-order valence-corrected chi connectivity index (χ1v) is 31.3. The van der Waals surface area contributed by atoms with Gasteiger partial charge >= 0.3 is 0 Å². The molecule has 0 bridgehead atoms. The van der Waals surface area contributed by atoms with E-state index in [-0.39, 0.29) is 0 Å². The molecule has 0 aliphatic carbocycles. The highest BCUT2D eigenvalue weighted by atomic mass is 32.1. The van der Waals surface area contributed by atoms with Crippen LogP contribution < -0.4 is 0 Å². The van der Waals surface area contributed by atoms with Gasteiger partial charge in [-0.25, -0.2) is 15.0 Å². The van der Waals surface area contributed by atoms with E-state index in [0.29, 0.717) is 0 Å². The summed E-state index contributed by atoms with van der Waals surface area (Å²) in [6.07, 6.45) is 11.1. The van der Waals surface area contributed by atoms with Gasteiger partial charge < -0.3 is 18.3 Å². The van der Waals surface area contributed by atoms with Crippen molar-refractivity contribution in [2.75, 3.05) is 0 Å². The molecule has 462 valence electrons. The Labute approximate surface area is 513 Å². The fourth-order valence-corrected chi connectivity index (χ4v) is 7.41. The van der Waals surface area contributed by atoms with E-state index in [2.05, 4.69) is 75.2 Å². The quantitative estimate of drug-likeness (QED) is 0.143. The van der Waals surface area contributed by atoms with E-state index in [4.69, 9.17) is 18.3 Å². The highest BCUT2D eigenvalue weighted by Crippen LogP contribution is 2.16. The first-order valence-electron chi connectivity index (χ1n) is 28.9. The number of aromatic nitrogens is 7. The van der Waals surface area contributed by atoms with Gasteiger partial charge in [0.2, 0.25) is 0 Å². The molecule has 0 spiro atoms. The van der Waals surface area contributed by atoms with Crippen molar-refractivity contribution in [1.29, 1.82) is 0 Å². The average Bonchev–Trinajstić information content (AvgIpc) is 4.25. The van der Waals surface area contributed by atoms with E-state index in [1.807, 2.05) is 261 Å². The molecule has 0 saturated carbocycles. The molecule has 0 amide bonds. The SMILES string of the molecule is CC.CC.CC.CC.CC.CC.CC1=CC=CC=CO1.Cc1ccccc1.Cc1ccccn1.Cc1nc(C)c(C)s1.Cc1nc(C)c(C)s1.Cc1nc(C)c(C)s1.Cc1noc(C)c1C.Cc1noc(C)c1C.Cc1noc(C)c1C. The molecule has 14 heteroatoms. The van der Waals surface area contributed by atoms with Gasteiger partial charge in [0, 0.05) is 43.2 Å². The average molecular weight is 1190 g/mol. The number of nitrogens with zero attached hydrogens (tertiary/aromatic N) is 7. The monoisotopic (exact) mass is 1190 g/mol. The van der Waals surface area contributed by atoms with Crippen LogP contribution in [-0.4, -0.2) is 35.4 Å². The maximum Gasteiger partial charge on any atom is 0.136 e. The van der Waals surface area contributed by atoms with E-state index in [9.17, 15) is 0 Å². The molecular formula is C68H113N7O4S3. The topological polar surface area (TPSA) is 139 Å². The Balaban J connectivity index is -0.000000194.